The average molecular weight is 213 g/mol. The maximum atomic E-state index is 10.2. The van der Waals surface area contributed by atoms with Gasteiger partial charge in [-0.15, -0.1) is 11.3 Å². The van der Waals surface area contributed by atoms with Crippen molar-refractivity contribution >= 4 is 17.3 Å². The first-order valence-corrected chi connectivity index (χ1v) is 5.56. The molecule has 1 rings (SSSR count). The number of carboxylic acid groups (broad SMARTS) is 1. The van der Waals surface area contributed by atoms with E-state index in [1.54, 1.807) is 11.3 Å². The van der Waals surface area contributed by atoms with E-state index in [1.807, 2.05) is 11.4 Å². The predicted molar refractivity (Wildman–Crippen MR) is 57.6 cm³/mol. The van der Waals surface area contributed by atoms with Gasteiger partial charge in [-0.1, -0.05) is 6.07 Å². The summed E-state index contributed by atoms with van der Waals surface area (Å²) in [6.45, 7) is 2.85. The van der Waals surface area contributed by atoms with E-state index in [2.05, 4.69) is 18.3 Å². The summed E-state index contributed by atoms with van der Waals surface area (Å²) in [4.78, 5) is 11.5. The first-order chi connectivity index (χ1) is 6.70. The van der Waals surface area contributed by atoms with E-state index in [-0.39, 0.29) is 6.42 Å². The molecule has 0 amide bonds. The molecule has 0 spiro atoms. The molecule has 0 aliphatic carbocycles. The topological polar surface area (TPSA) is 49.3 Å². The maximum absolute atomic E-state index is 10.2. The van der Waals surface area contributed by atoms with E-state index in [9.17, 15) is 4.79 Å². The highest BCUT2D eigenvalue weighted by Crippen LogP contribution is 2.17. The van der Waals surface area contributed by atoms with Gasteiger partial charge in [0.25, 0.3) is 0 Å². The van der Waals surface area contributed by atoms with Gasteiger partial charge in [0.2, 0.25) is 0 Å². The molecule has 0 aromatic carbocycles. The molecule has 1 atom stereocenters. The average Bonchev–Trinajstić information content (AvgIpc) is 2.64. The van der Waals surface area contributed by atoms with Crippen molar-refractivity contribution in [2.45, 2.75) is 25.8 Å². The van der Waals surface area contributed by atoms with Gasteiger partial charge in [0, 0.05) is 17.3 Å². The highest BCUT2D eigenvalue weighted by atomic mass is 32.1. The second-order valence-corrected chi connectivity index (χ2v) is 4.17. The standard InChI is InChI=1S/C10H15NO2S/c1-8(9-4-3-7-14-9)11-6-2-5-10(12)13/h3-4,7-8,11H,2,5-6H2,1H3,(H,12,13). The van der Waals surface area contributed by atoms with Gasteiger partial charge in [0.05, 0.1) is 0 Å². The molecule has 0 aliphatic heterocycles. The summed E-state index contributed by atoms with van der Waals surface area (Å²) in [5.74, 6) is -0.726. The van der Waals surface area contributed by atoms with Crippen LogP contribution >= 0.6 is 11.3 Å². The molecule has 0 bridgehead atoms. The van der Waals surface area contributed by atoms with Gasteiger partial charge in [0.15, 0.2) is 0 Å². The van der Waals surface area contributed by atoms with Crippen LogP contribution in [0.2, 0.25) is 0 Å². The Morgan fingerprint density at radius 3 is 3.07 bits per heavy atom. The minimum atomic E-state index is -0.726. The molecule has 0 saturated carbocycles. The van der Waals surface area contributed by atoms with Crippen LogP contribution in [-0.2, 0) is 4.79 Å². The Kier molecular flexibility index (Phi) is 4.62. The maximum Gasteiger partial charge on any atom is 0.303 e. The Morgan fingerprint density at radius 1 is 1.71 bits per heavy atom. The van der Waals surface area contributed by atoms with Crippen LogP contribution in [0.5, 0.6) is 0 Å². The van der Waals surface area contributed by atoms with E-state index >= 15 is 0 Å². The summed E-state index contributed by atoms with van der Waals surface area (Å²) in [6.07, 6.45) is 0.926. The van der Waals surface area contributed by atoms with Crippen LogP contribution in [0.4, 0.5) is 0 Å². The fourth-order valence-corrected chi connectivity index (χ4v) is 1.96. The first kappa shape index (κ1) is 11.2. The fraction of sp³-hybridized carbons (Fsp3) is 0.500. The Morgan fingerprint density at radius 2 is 2.50 bits per heavy atom. The van der Waals surface area contributed by atoms with Gasteiger partial charge < -0.3 is 10.4 Å². The molecule has 14 heavy (non-hydrogen) atoms. The summed E-state index contributed by atoms with van der Waals surface area (Å²) in [7, 11) is 0. The molecule has 0 aliphatic rings. The van der Waals surface area contributed by atoms with Crippen molar-refractivity contribution in [3.05, 3.63) is 22.4 Å². The van der Waals surface area contributed by atoms with Crippen molar-refractivity contribution in [2.75, 3.05) is 6.54 Å². The first-order valence-electron chi connectivity index (χ1n) is 4.68. The number of carboxylic acids is 1. The normalized spacial score (nSPS) is 12.6. The quantitative estimate of drug-likeness (QED) is 0.713. The van der Waals surface area contributed by atoms with Crippen molar-refractivity contribution in [2.24, 2.45) is 0 Å². The Hall–Kier alpha value is -0.870. The molecular formula is C10H15NO2S. The summed E-state index contributed by atoms with van der Waals surface area (Å²) in [6, 6.07) is 4.43. The number of thiophene rings is 1. The number of rotatable bonds is 6. The number of nitrogens with one attached hydrogen (secondary N) is 1. The SMILES string of the molecule is CC(NCCCC(=O)O)c1cccs1. The van der Waals surface area contributed by atoms with Crippen molar-refractivity contribution in [1.82, 2.24) is 5.32 Å². The molecule has 4 heteroatoms. The van der Waals surface area contributed by atoms with Crippen molar-refractivity contribution in [1.29, 1.82) is 0 Å². The lowest BCUT2D eigenvalue weighted by Crippen LogP contribution is -2.19. The monoisotopic (exact) mass is 213 g/mol. The molecule has 1 heterocycles. The highest BCUT2D eigenvalue weighted by molar-refractivity contribution is 7.10. The zero-order valence-corrected chi connectivity index (χ0v) is 9.01. The lowest BCUT2D eigenvalue weighted by Gasteiger charge is -2.10. The van der Waals surface area contributed by atoms with E-state index < -0.39 is 5.97 Å². The Bertz CT molecular complexity index is 272. The van der Waals surface area contributed by atoms with Crippen LogP contribution in [0.3, 0.4) is 0 Å². The van der Waals surface area contributed by atoms with Gasteiger partial charge in [0.1, 0.15) is 0 Å². The van der Waals surface area contributed by atoms with Gasteiger partial charge in [-0.05, 0) is 31.3 Å². The smallest absolute Gasteiger partial charge is 0.303 e. The fourth-order valence-electron chi connectivity index (χ4n) is 1.20. The second-order valence-electron chi connectivity index (χ2n) is 3.19. The largest absolute Gasteiger partial charge is 0.481 e. The summed E-state index contributed by atoms with van der Waals surface area (Å²) < 4.78 is 0. The zero-order valence-electron chi connectivity index (χ0n) is 8.19. The molecule has 1 unspecified atom stereocenters. The van der Waals surface area contributed by atoms with Crippen molar-refractivity contribution in [3.63, 3.8) is 0 Å². The molecule has 1 aromatic rings. The molecule has 3 nitrogen and oxygen atoms in total. The van der Waals surface area contributed by atoms with E-state index in [1.165, 1.54) is 4.88 Å². The van der Waals surface area contributed by atoms with Crippen LogP contribution in [0.15, 0.2) is 17.5 Å². The zero-order chi connectivity index (χ0) is 10.4. The second kappa shape index (κ2) is 5.78. The summed E-state index contributed by atoms with van der Waals surface area (Å²) >= 11 is 1.72. The third-order valence-electron chi connectivity index (χ3n) is 1.99. The van der Waals surface area contributed by atoms with Crippen molar-refractivity contribution in [3.8, 4) is 0 Å². The number of hydrogen-bond acceptors (Lipinski definition) is 3. The number of carbonyl (C=O) groups is 1. The van der Waals surface area contributed by atoms with E-state index in [0.29, 0.717) is 12.5 Å². The molecule has 0 fully saturated rings. The molecule has 78 valence electrons. The molecule has 1 aromatic heterocycles. The Labute approximate surface area is 87.8 Å². The van der Waals surface area contributed by atoms with Gasteiger partial charge in [-0.25, -0.2) is 0 Å². The van der Waals surface area contributed by atoms with Crippen LogP contribution in [0.25, 0.3) is 0 Å². The third-order valence-corrected chi connectivity index (χ3v) is 3.04. The molecule has 0 radical (unpaired) electrons. The predicted octanol–water partition coefficient (Wildman–Crippen LogP) is 2.26. The van der Waals surface area contributed by atoms with Crippen LogP contribution in [0, 0.1) is 0 Å². The van der Waals surface area contributed by atoms with Crippen LogP contribution < -0.4 is 5.32 Å². The van der Waals surface area contributed by atoms with Gasteiger partial charge in [-0.2, -0.15) is 0 Å². The van der Waals surface area contributed by atoms with Crippen LogP contribution in [0.1, 0.15) is 30.7 Å². The minimum absolute atomic E-state index is 0.240. The van der Waals surface area contributed by atoms with E-state index in [4.69, 9.17) is 5.11 Å². The lowest BCUT2D eigenvalue weighted by atomic mass is 10.2. The summed E-state index contributed by atoms with van der Waals surface area (Å²) in [5.41, 5.74) is 0. The van der Waals surface area contributed by atoms with Crippen molar-refractivity contribution < 1.29 is 9.90 Å². The lowest BCUT2D eigenvalue weighted by molar-refractivity contribution is -0.137. The van der Waals surface area contributed by atoms with E-state index in [0.717, 1.165) is 6.54 Å². The minimum Gasteiger partial charge on any atom is -0.481 e. The molecule has 2 N–H and O–H groups in total. The molecule has 0 saturated heterocycles. The van der Waals surface area contributed by atoms with Gasteiger partial charge >= 0.3 is 5.97 Å². The number of aliphatic carboxylic acids is 1. The third kappa shape index (κ3) is 3.89. The highest BCUT2D eigenvalue weighted by Gasteiger charge is 2.04. The van der Waals surface area contributed by atoms with Gasteiger partial charge in [-0.3, -0.25) is 4.79 Å². The Balaban J connectivity index is 2.16. The molecular weight excluding hydrogens is 198 g/mol. The summed E-state index contributed by atoms with van der Waals surface area (Å²) in [5, 5.41) is 13.8. The number of hydrogen-bond donors (Lipinski definition) is 2. The van der Waals surface area contributed by atoms with Crippen LogP contribution in [-0.4, -0.2) is 17.6 Å².